The highest BCUT2D eigenvalue weighted by Gasteiger charge is 2.31. The number of benzene rings is 4. The molecule has 0 N–H and O–H groups in total. The minimum Gasteiger partial charge on any atom is -0.406 e. The van der Waals surface area contributed by atoms with Crippen molar-refractivity contribution in [2.24, 2.45) is 0 Å². The van der Waals surface area contributed by atoms with Gasteiger partial charge in [-0.2, -0.15) is 0 Å². The molecule has 0 bridgehead atoms. The Hall–Kier alpha value is -4.08. The first-order valence-electron chi connectivity index (χ1n) is 13.7. The van der Waals surface area contributed by atoms with Crippen LogP contribution in [0.3, 0.4) is 0 Å². The van der Waals surface area contributed by atoms with Gasteiger partial charge >= 0.3 is 12.7 Å². The van der Waals surface area contributed by atoms with Crippen LogP contribution in [-0.4, -0.2) is 12.7 Å². The van der Waals surface area contributed by atoms with Gasteiger partial charge in [-0.15, -0.1) is 26.3 Å². The fourth-order valence-electron chi connectivity index (χ4n) is 4.76. The van der Waals surface area contributed by atoms with Crippen molar-refractivity contribution in [3.8, 4) is 33.8 Å². The number of unbranched alkanes of at least 4 members (excludes halogenated alkanes) is 4. The number of halogens is 8. The van der Waals surface area contributed by atoms with Gasteiger partial charge in [-0.05, 0) is 84.3 Å². The molecular weight excluding hydrogens is 580 g/mol. The van der Waals surface area contributed by atoms with Crippen LogP contribution in [-0.2, 0) is 12.8 Å². The molecule has 43 heavy (non-hydrogen) atoms. The molecule has 4 rings (SSSR count). The summed E-state index contributed by atoms with van der Waals surface area (Å²) >= 11 is 0. The average Bonchev–Trinajstić information content (AvgIpc) is 2.92. The van der Waals surface area contributed by atoms with Gasteiger partial charge in [0.15, 0.2) is 0 Å². The highest BCUT2D eigenvalue weighted by molar-refractivity contribution is 5.66. The fraction of sp³-hybridized carbons (Fsp3) is 0.273. The van der Waals surface area contributed by atoms with E-state index >= 15 is 0 Å². The van der Waals surface area contributed by atoms with E-state index in [9.17, 15) is 35.1 Å². The summed E-state index contributed by atoms with van der Waals surface area (Å²) in [6.45, 7) is 0. The summed E-state index contributed by atoms with van der Waals surface area (Å²) in [6.07, 6.45) is -3.66. The molecule has 0 saturated heterocycles. The van der Waals surface area contributed by atoms with E-state index in [4.69, 9.17) is 0 Å². The Morgan fingerprint density at radius 1 is 0.442 bits per heavy atom. The molecular formula is C33H28F8O2. The normalized spacial score (nSPS) is 11.9. The van der Waals surface area contributed by atoms with Crippen molar-refractivity contribution in [2.45, 2.75) is 57.7 Å². The van der Waals surface area contributed by atoms with Crippen LogP contribution >= 0.6 is 0 Å². The molecule has 0 aromatic heterocycles. The first-order chi connectivity index (χ1) is 20.4. The minimum absolute atomic E-state index is 0.292. The number of alkyl halides is 6. The van der Waals surface area contributed by atoms with Crippen LogP contribution in [0.5, 0.6) is 11.5 Å². The van der Waals surface area contributed by atoms with Crippen molar-refractivity contribution in [2.75, 3.05) is 0 Å². The summed E-state index contributed by atoms with van der Waals surface area (Å²) in [5, 5.41) is 0. The molecule has 228 valence electrons. The van der Waals surface area contributed by atoms with Gasteiger partial charge in [0.2, 0.25) is 0 Å². The Morgan fingerprint density at radius 3 is 1.12 bits per heavy atom. The molecule has 0 saturated carbocycles. The lowest BCUT2D eigenvalue weighted by Gasteiger charge is -2.10. The van der Waals surface area contributed by atoms with Crippen LogP contribution in [0.1, 0.15) is 43.2 Å². The minimum atomic E-state index is -4.79. The molecule has 0 fully saturated rings. The summed E-state index contributed by atoms with van der Waals surface area (Å²) in [4.78, 5) is 0. The summed E-state index contributed by atoms with van der Waals surface area (Å²) in [5.41, 5.74) is 3.14. The second-order valence-electron chi connectivity index (χ2n) is 10.0. The maximum absolute atomic E-state index is 14.7. The Kier molecular flexibility index (Phi) is 10.3. The van der Waals surface area contributed by atoms with Crippen LogP contribution in [0.25, 0.3) is 22.3 Å². The predicted octanol–water partition coefficient (Wildman–Crippen LogP) is 10.8. The zero-order chi connectivity index (χ0) is 31.0. The van der Waals surface area contributed by atoms with Crippen LogP contribution in [0, 0.1) is 11.6 Å². The van der Waals surface area contributed by atoms with Crippen LogP contribution in [0.4, 0.5) is 35.1 Å². The number of hydrogen-bond acceptors (Lipinski definition) is 2. The van der Waals surface area contributed by atoms with E-state index in [0.717, 1.165) is 67.5 Å². The maximum Gasteiger partial charge on any atom is 0.573 e. The van der Waals surface area contributed by atoms with E-state index in [-0.39, 0.29) is 11.5 Å². The average molecular weight is 609 g/mol. The molecule has 0 aliphatic rings. The van der Waals surface area contributed by atoms with Gasteiger partial charge in [0.1, 0.15) is 23.1 Å². The second-order valence-corrected chi connectivity index (χ2v) is 10.0. The topological polar surface area (TPSA) is 18.5 Å². The Bertz CT molecular complexity index is 1360. The third kappa shape index (κ3) is 10.0. The van der Waals surface area contributed by atoms with Crippen molar-refractivity contribution < 1.29 is 44.6 Å². The molecule has 10 heteroatoms. The highest BCUT2D eigenvalue weighted by Crippen LogP contribution is 2.30. The largest absolute Gasteiger partial charge is 0.573 e. The van der Waals surface area contributed by atoms with Crippen molar-refractivity contribution in [3.05, 3.63) is 108 Å². The Labute approximate surface area is 243 Å². The number of ether oxygens (including phenoxy) is 2. The van der Waals surface area contributed by atoms with Crippen molar-refractivity contribution in [1.82, 2.24) is 0 Å². The SMILES string of the molecule is Fc1cc(CCCCCCCc2ccc(-c3ccc(OC(F)(F)F)cc3)c(F)c2)ccc1-c1ccc(OC(F)(F)F)cc1. The predicted molar refractivity (Wildman–Crippen MR) is 148 cm³/mol. The second kappa shape index (κ2) is 13.9. The van der Waals surface area contributed by atoms with Gasteiger partial charge in [0.05, 0.1) is 0 Å². The molecule has 0 heterocycles. The van der Waals surface area contributed by atoms with Crippen LogP contribution in [0.15, 0.2) is 84.9 Å². The molecule has 0 aliphatic heterocycles. The molecule has 0 atom stereocenters. The van der Waals surface area contributed by atoms with Crippen molar-refractivity contribution >= 4 is 0 Å². The number of rotatable bonds is 12. The van der Waals surface area contributed by atoms with Gasteiger partial charge in [-0.25, -0.2) is 8.78 Å². The van der Waals surface area contributed by atoms with Crippen LogP contribution < -0.4 is 9.47 Å². The zero-order valence-corrected chi connectivity index (χ0v) is 22.9. The maximum atomic E-state index is 14.7. The van der Waals surface area contributed by atoms with E-state index in [1.54, 1.807) is 24.3 Å². The molecule has 2 nitrogen and oxygen atoms in total. The van der Waals surface area contributed by atoms with E-state index in [0.29, 0.717) is 35.1 Å². The third-order valence-electron chi connectivity index (χ3n) is 6.80. The van der Waals surface area contributed by atoms with Gasteiger partial charge < -0.3 is 9.47 Å². The monoisotopic (exact) mass is 608 g/mol. The number of aryl methyl sites for hydroxylation is 2. The van der Waals surface area contributed by atoms with E-state index in [2.05, 4.69) is 9.47 Å². The van der Waals surface area contributed by atoms with Gasteiger partial charge in [0.25, 0.3) is 0 Å². The number of hydrogen-bond donors (Lipinski definition) is 0. The molecule has 0 aliphatic carbocycles. The zero-order valence-electron chi connectivity index (χ0n) is 22.9. The molecule has 0 spiro atoms. The molecule has 4 aromatic carbocycles. The molecule has 4 aromatic rings. The third-order valence-corrected chi connectivity index (χ3v) is 6.80. The molecule has 0 unspecified atom stereocenters. The first-order valence-corrected chi connectivity index (χ1v) is 13.7. The lowest BCUT2D eigenvalue weighted by molar-refractivity contribution is -0.275. The quantitative estimate of drug-likeness (QED) is 0.118. The van der Waals surface area contributed by atoms with Crippen molar-refractivity contribution in [1.29, 1.82) is 0 Å². The summed E-state index contributed by atoms with van der Waals surface area (Å²) < 4.78 is 111. The van der Waals surface area contributed by atoms with Gasteiger partial charge in [0, 0.05) is 11.1 Å². The molecule has 0 amide bonds. The van der Waals surface area contributed by atoms with E-state index in [1.165, 1.54) is 36.4 Å². The van der Waals surface area contributed by atoms with Gasteiger partial charge in [-0.1, -0.05) is 67.8 Å². The summed E-state index contributed by atoms with van der Waals surface area (Å²) in [5.74, 6) is -1.64. The first kappa shape index (κ1) is 31.8. The van der Waals surface area contributed by atoms with E-state index in [1.807, 2.05) is 0 Å². The summed E-state index contributed by atoms with van der Waals surface area (Å²) in [7, 11) is 0. The van der Waals surface area contributed by atoms with Crippen molar-refractivity contribution in [3.63, 3.8) is 0 Å². The fourth-order valence-corrected chi connectivity index (χ4v) is 4.76. The Morgan fingerprint density at radius 2 is 0.791 bits per heavy atom. The molecule has 0 radical (unpaired) electrons. The lowest BCUT2D eigenvalue weighted by Crippen LogP contribution is -2.16. The lowest BCUT2D eigenvalue weighted by atomic mass is 9.99. The van der Waals surface area contributed by atoms with Gasteiger partial charge in [-0.3, -0.25) is 0 Å². The Balaban J connectivity index is 1.17. The van der Waals surface area contributed by atoms with E-state index < -0.39 is 24.4 Å². The standard InChI is InChI=1S/C33H28F8O2/c34-30-20-22(8-18-28(30)24-10-14-26(15-11-24)42-32(36,37)38)6-4-2-1-3-5-7-23-9-19-29(31(35)21-23)25-12-16-27(17-13-25)43-33(39,40)41/h8-21H,1-7H2. The van der Waals surface area contributed by atoms with Crippen LogP contribution in [0.2, 0.25) is 0 Å². The smallest absolute Gasteiger partial charge is 0.406 e. The highest BCUT2D eigenvalue weighted by atomic mass is 19.4. The summed E-state index contributed by atoms with van der Waals surface area (Å²) in [6, 6.07) is 19.8.